The topological polar surface area (TPSA) is 83.8 Å². The van der Waals surface area contributed by atoms with Gasteiger partial charge in [-0.2, -0.15) is 0 Å². The summed E-state index contributed by atoms with van der Waals surface area (Å²) < 4.78 is 5.03. The second-order valence-electron chi connectivity index (χ2n) is 3.50. The normalized spacial score (nSPS) is 10.5. The fraction of sp³-hybridized carbons (Fsp3) is 0.0833. The van der Waals surface area contributed by atoms with Crippen LogP contribution in [-0.4, -0.2) is 22.5 Å². The number of oxime groups is 1. The van der Waals surface area contributed by atoms with E-state index in [0.29, 0.717) is 10.0 Å². The maximum atomic E-state index is 11.5. The van der Waals surface area contributed by atoms with Crippen molar-refractivity contribution in [2.24, 2.45) is 5.16 Å². The van der Waals surface area contributed by atoms with Crippen LogP contribution in [0.15, 0.2) is 41.7 Å². The molecule has 0 aliphatic heterocycles. The van der Waals surface area contributed by atoms with Crippen LogP contribution in [0, 0.1) is 0 Å². The van der Waals surface area contributed by atoms with E-state index in [4.69, 9.17) is 9.94 Å². The lowest BCUT2D eigenvalue weighted by Gasteiger charge is -2.04. The SMILES string of the molecule is O=C(Nc1ncc(/C=N/O)s1)OCc1ccccc1. The Morgan fingerprint density at radius 2 is 2.26 bits per heavy atom. The van der Waals surface area contributed by atoms with E-state index < -0.39 is 6.09 Å². The van der Waals surface area contributed by atoms with E-state index in [9.17, 15) is 4.79 Å². The maximum Gasteiger partial charge on any atom is 0.413 e. The van der Waals surface area contributed by atoms with E-state index >= 15 is 0 Å². The minimum Gasteiger partial charge on any atom is -0.444 e. The summed E-state index contributed by atoms with van der Waals surface area (Å²) >= 11 is 1.18. The fourth-order valence-corrected chi connectivity index (χ4v) is 1.98. The number of ether oxygens (including phenoxy) is 1. The Bertz CT molecular complexity index is 569. The van der Waals surface area contributed by atoms with Gasteiger partial charge in [-0.05, 0) is 5.56 Å². The second-order valence-corrected chi connectivity index (χ2v) is 4.56. The Hall–Kier alpha value is -2.41. The predicted molar refractivity (Wildman–Crippen MR) is 71.7 cm³/mol. The number of thiazole rings is 1. The number of nitrogens with zero attached hydrogens (tertiary/aromatic N) is 2. The number of carbonyl (C=O) groups is 1. The number of aromatic nitrogens is 1. The van der Waals surface area contributed by atoms with Crippen LogP contribution in [0.2, 0.25) is 0 Å². The molecule has 0 fully saturated rings. The molecule has 0 aliphatic carbocycles. The summed E-state index contributed by atoms with van der Waals surface area (Å²) in [6.07, 6.45) is 2.14. The van der Waals surface area contributed by atoms with Gasteiger partial charge in [-0.3, -0.25) is 5.32 Å². The largest absolute Gasteiger partial charge is 0.444 e. The minimum absolute atomic E-state index is 0.197. The molecular weight excluding hydrogens is 266 g/mol. The molecule has 0 saturated carbocycles. The van der Waals surface area contributed by atoms with E-state index in [2.05, 4.69) is 15.5 Å². The van der Waals surface area contributed by atoms with Crippen molar-refractivity contribution in [2.45, 2.75) is 6.61 Å². The van der Waals surface area contributed by atoms with Gasteiger partial charge in [0.25, 0.3) is 0 Å². The smallest absolute Gasteiger partial charge is 0.413 e. The third-order valence-electron chi connectivity index (χ3n) is 2.13. The first-order valence-electron chi connectivity index (χ1n) is 5.39. The second kappa shape index (κ2) is 6.50. The third-order valence-corrected chi connectivity index (χ3v) is 2.98. The number of amides is 1. The molecule has 98 valence electrons. The van der Waals surface area contributed by atoms with Crippen molar-refractivity contribution in [2.75, 3.05) is 5.32 Å². The van der Waals surface area contributed by atoms with Crippen molar-refractivity contribution in [1.29, 1.82) is 0 Å². The fourth-order valence-electron chi connectivity index (χ4n) is 1.31. The van der Waals surface area contributed by atoms with E-state index in [-0.39, 0.29) is 6.61 Å². The van der Waals surface area contributed by atoms with Gasteiger partial charge in [0.15, 0.2) is 5.13 Å². The number of anilines is 1. The molecule has 0 unspecified atom stereocenters. The van der Waals surface area contributed by atoms with Crippen molar-refractivity contribution in [3.8, 4) is 0 Å². The molecule has 1 aromatic carbocycles. The van der Waals surface area contributed by atoms with Crippen LogP contribution in [-0.2, 0) is 11.3 Å². The molecule has 6 nitrogen and oxygen atoms in total. The molecular formula is C12H11N3O3S. The summed E-state index contributed by atoms with van der Waals surface area (Å²) in [6, 6.07) is 9.37. The summed E-state index contributed by atoms with van der Waals surface area (Å²) in [5, 5.41) is 14.1. The lowest BCUT2D eigenvalue weighted by atomic mass is 10.2. The average molecular weight is 277 g/mol. The van der Waals surface area contributed by atoms with Gasteiger partial charge >= 0.3 is 6.09 Å². The highest BCUT2D eigenvalue weighted by atomic mass is 32.1. The average Bonchev–Trinajstić information content (AvgIpc) is 2.85. The van der Waals surface area contributed by atoms with E-state index in [1.165, 1.54) is 23.7 Å². The Labute approximate surface area is 113 Å². The minimum atomic E-state index is -0.578. The summed E-state index contributed by atoms with van der Waals surface area (Å²) in [5.41, 5.74) is 0.907. The van der Waals surface area contributed by atoms with Crippen LogP contribution in [0.25, 0.3) is 0 Å². The van der Waals surface area contributed by atoms with Gasteiger partial charge in [0, 0.05) is 6.20 Å². The summed E-state index contributed by atoms with van der Waals surface area (Å²) in [4.78, 5) is 16.1. The quantitative estimate of drug-likeness (QED) is 0.511. The number of benzene rings is 1. The summed E-state index contributed by atoms with van der Waals surface area (Å²) in [7, 11) is 0. The molecule has 19 heavy (non-hydrogen) atoms. The monoisotopic (exact) mass is 277 g/mol. The molecule has 1 amide bonds. The molecule has 2 aromatic rings. The van der Waals surface area contributed by atoms with Gasteiger partial charge in [0.05, 0.1) is 11.1 Å². The molecule has 0 saturated heterocycles. The highest BCUT2D eigenvalue weighted by Gasteiger charge is 2.07. The van der Waals surface area contributed by atoms with Gasteiger partial charge in [-0.25, -0.2) is 9.78 Å². The summed E-state index contributed by atoms with van der Waals surface area (Å²) in [5.74, 6) is 0. The third kappa shape index (κ3) is 4.07. The van der Waals surface area contributed by atoms with Crippen molar-refractivity contribution in [3.63, 3.8) is 0 Å². The lowest BCUT2D eigenvalue weighted by molar-refractivity contribution is 0.155. The van der Waals surface area contributed by atoms with Crippen molar-refractivity contribution >= 4 is 28.8 Å². The maximum absolute atomic E-state index is 11.5. The molecule has 1 aromatic heterocycles. The summed E-state index contributed by atoms with van der Waals surface area (Å²) in [6.45, 7) is 0.197. The highest BCUT2D eigenvalue weighted by molar-refractivity contribution is 7.17. The van der Waals surface area contributed by atoms with Gasteiger partial charge < -0.3 is 9.94 Å². The number of hydrogen-bond acceptors (Lipinski definition) is 6. The number of nitrogens with one attached hydrogen (secondary N) is 1. The Kier molecular flexibility index (Phi) is 4.46. The molecule has 0 radical (unpaired) electrons. The van der Waals surface area contributed by atoms with Crippen LogP contribution in [0.3, 0.4) is 0 Å². The zero-order chi connectivity index (χ0) is 13.5. The molecule has 0 spiro atoms. The molecule has 7 heteroatoms. The first kappa shape index (κ1) is 13.0. The van der Waals surface area contributed by atoms with E-state index in [1.807, 2.05) is 30.3 Å². The number of carbonyl (C=O) groups excluding carboxylic acids is 1. The van der Waals surface area contributed by atoms with E-state index in [1.54, 1.807) is 0 Å². The molecule has 0 bridgehead atoms. The molecule has 2 N–H and O–H groups in total. The zero-order valence-electron chi connectivity index (χ0n) is 9.81. The van der Waals surface area contributed by atoms with Gasteiger partial charge in [-0.1, -0.05) is 46.8 Å². The van der Waals surface area contributed by atoms with Crippen molar-refractivity contribution in [1.82, 2.24) is 4.98 Å². The number of rotatable bonds is 4. The van der Waals surface area contributed by atoms with Crippen molar-refractivity contribution < 1.29 is 14.7 Å². The van der Waals surface area contributed by atoms with Crippen LogP contribution in [0.5, 0.6) is 0 Å². The predicted octanol–water partition coefficient (Wildman–Crippen LogP) is 2.70. The molecule has 0 atom stereocenters. The first-order chi connectivity index (χ1) is 9.28. The molecule has 2 rings (SSSR count). The lowest BCUT2D eigenvalue weighted by Crippen LogP contribution is -2.13. The molecule has 1 heterocycles. The number of hydrogen-bond donors (Lipinski definition) is 2. The molecule has 0 aliphatic rings. The van der Waals surface area contributed by atoms with Gasteiger partial charge in [0.1, 0.15) is 6.61 Å². The Balaban J connectivity index is 1.83. The van der Waals surface area contributed by atoms with Gasteiger partial charge in [0.2, 0.25) is 0 Å². The van der Waals surface area contributed by atoms with Crippen LogP contribution in [0.4, 0.5) is 9.93 Å². The van der Waals surface area contributed by atoms with Crippen molar-refractivity contribution in [3.05, 3.63) is 47.0 Å². The highest BCUT2D eigenvalue weighted by Crippen LogP contribution is 2.16. The van der Waals surface area contributed by atoms with Gasteiger partial charge in [-0.15, -0.1) is 0 Å². The van der Waals surface area contributed by atoms with Crippen LogP contribution >= 0.6 is 11.3 Å². The van der Waals surface area contributed by atoms with E-state index in [0.717, 1.165) is 5.56 Å². The standard InChI is InChI=1S/C12H11N3O3S/c16-12(18-8-9-4-2-1-3-5-9)15-11-13-6-10(19-11)7-14-17/h1-7,17H,8H2,(H,13,15,16)/b14-7+. The van der Waals surface area contributed by atoms with Crippen LogP contribution in [0.1, 0.15) is 10.4 Å². The first-order valence-corrected chi connectivity index (χ1v) is 6.20. The van der Waals surface area contributed by atoms with Crippen LogP contribution < -0.4 is 5.32 Å². The zero-order valence-corrected chi connectivity index (χ0v) is 10.6. The Morgan fingerprint density at radius 3 is 3.00 bits per heavy atom. The Morgan fingerprint density at radius 1 is 1.47 bits per heavy atom.